The Morgan fingerprint density at radius 1 is 1.29 bits per heavy atom. The maximum absolute atomic E-state index is 12.8. The van der Waals surface area contributed by atoms with Gasteiger partial charge < -0.3 is 19.7 Å². The SMILES string of the molecule is CCCCCOC(=O)CC1C(=O)NCCN1C(=S)NC(=O)c1ccccc1OC(C)C. The second kappa shape index (κ2) is 12.2. The number of thiocarbonyl (C=S) groups is 1. The third-order valence-electron chi connectivity index (χ3n) is 4.68. The van der Waals surface area contributed by atoms with Gasteiger partial charge in [-0.25, -0.2) is 0 Å². The smallest absolute Gasteiger partial charge is 0.308 e. The standard InChI is InChI=1S/C22H31N3O5S/c1-4-5-8-13-29-19(26)14-17-21(28)23-11-12-25(17)22(31)24-20(27)16-9-6-7-10-18(16)30-15(2)3/h6-7,9-10,15,17H,4-5,8,11-14H2,1-3H3,(H,23,28)(H,24,27,31). The highest BCUT2D eigenvalue weighted by Crippen LogP contribution is 2.20. The Labute approximate surface area is 188 Å². The Morgan fingerprint density at radius 3 is 2.74 bits per heavy atom. The number of para-hydroxylation sites is 1. The van der Waals surface area contributed by atoms with Crippen molar-refractivity contribution in [3.8, 4) is 5.75 Å². The van der Waals surface area contributed by atoms with Crippen LogP contribution in [0.25, 0.3) is 0 Å². The van der Waals surface area contributed by atoms with Crippen LogP contribution in [0.3, 0.4) is 0 Å². The molecule has 0 aromatic heterocycles. The van der Waals surface area contributed by atoms with Crippen LogP contribution in [-0.2, 0) is 14.3 Å². The normalized spacial score (nSPS) is 15.9. The molecule has 1 saturated heterocycles. The molecule has 9 heteroatoms. The van der Waals surface area contributed by atoms with E-state index in [9.17, 15) is 14.4 Å². The van der Waals surface area contributed by atoms with E-state index in [2.05, 4.69) is 17.6 Å². The van der Waals surface area contributed by atoms with Crippen molar-refractivity contribution in [3.63, 3.8) is 0 Å². The molecule has 0 spiro atoms. The zero-order valence-electron chi connectivity index (χ0n) is 18.3. The minimum absolute atomic E-state index is 0.0861. The maximum atomic E-state index is 12.8. The molecule has 2 rings (SSSR count). The van der Waals surface area contributed by atoms with E-state index in [4.69, 9.17) is 21.7 Å². The van der Waals surface area contributed by atoms with Gasteiger partial charge in [-0.2, -0.15) is 0 Å². The lowest BCUT2D eigenvalue weighted by atomic mass is 10.1. The molecule has 1 unspecified atom stereocenters. The molecule has 0 saturated carbocycles. The summed E-state index contributed by atoms with van der Waals surface area (Å²) in [6, 6.07) is 6.04. The minimum atomic E-state index is -0.831. The first-order valence-electron chi connectivity index (χ1n) is 10.6. The van der Waals surface area contributed by atoms with E-state index in [0.717, 1.165) is 19.3 Å². The van der Waals surface area contributed by atoms with Crippen LogP contribution in [-0.4, -0.2) is 59.6 Å². The first-order valence-corrected chi connectivity index (χ1v) is 11.0. The van der Waals surface area contributed by atoms with E-state index >= 15 is 0 Å². The fourth-order valence-electron chi connectivity index (χ4n) is 3.16. The van der Waals surface area contributed by atoms with Crippen LogP contribution >= 0.6 is 12.2 Å². The summed E-state index contributed by atoms with van der Waals surface area (Å²) in [5.74, 6) is -0.778. The van der Waals surface area contributed by atoms with Crippen molar-refractivity contribution in [1.82, 2.24) is 15.5 Å². The van der Waals surface area contributed by atoms with Crippen LogP contribution in [0.2, 0.25) is 0 Å². The molecule has 1 aliphatic heterocycles. The fraction of sp³-hybridized carbons (Fsp3) is 0.545. The number of nitrogens with one attached hydrogen (secondary N) is 2. The zero-order chi connectivity index (χ0) is 22.8. The Morgan fingerprint density at radius 2 is 2.03 bits per heavy atom. The lowest BCUT2D eigenvalue weighted by Gasteiger charge is -2.36. The second-order valence-electron chi connectivity index (χ2n) is 7.55. The quantitative estimate of drug-likeness (QED) is 0.339. The summed E-state index contributed by atoms with van der Waals surface area (Å²) in [4.78, 5) is 39.0. The maximum Gasteiger partial charge on any atom is 0.308 e. The Hall–Kier alpha value is -2.68. The van der Waals surface area contributed by atoms with Crippen LogP contribution in [0.15, 0.2) is 24.3 Å². The number of unbranched alkanes of at least 4 members (excludes halogenated alkanes) is 2. The van der Waals surface area contributed by atoms with Gasteiger partial charge in [-0.15, -0.1) is 0 Å². The minimum Gasteiger partial charge on any atom is -0.490 e. The van der Waals surface area contributed by atoms with Crippen molar-refractivity contribution in [2.75, 3.05) is 19.7 Å². The van der Waals surface area contributed by atoms with E-state index in [1.165, 1.54) is 0 Å². The molecule has 0 aliphatic carbocycles. The predicted molar refractivity (Wildman–Crippen MR) is 121 cm³/mol. The first kappa shape index (κ1) is 24.6. The van der Waals surface area contributed by atoms with Crippen molar-refractivity contribution in [2.24, 2.45) is 0 Å². The largest absolute Gasteiger partial charge is 0.490 e. The monoisotopic (exact) mass is 449 g/mol. The molecule has 1 atom stereocenters. The summed E-state index contributed by atoms with van der Waals surface area (Å²) in [5, 5.41) is 5.49. The third kappa shape index (κ3) is 7.50. The van der Waals surface area contributed by atoms with Gasteiger partial charge in [0, 0.05) is 13.1 Å². The molecule has 2 N–H and O–H groups in total. The summed E-state index contributed by atoms with van der Waals surface area (Å²) in [5.41, 5.74) is 0.340. The van der Waals surface area contributed by atoms with E-state index in [0.29, 0.717) is 31.0 Å². The summed E-state index contributed by atoms with van der Waals surface area (Å²) in [7, 11) is 0. The fourth-order valence-corrected chi connectivity index (χ4v) is 3.47. The van der Waals surface area contributed by atoms with Gasteiger partial charge in [-0.3, -0.25) is 19.7 Å². The third-order valence-corrected chi connectivity index (χ3v) is 5.01. The number of hydrogen-bond acceptors (Lipinski definition) is 6. The molecule has 1 aliphatic rings. The van der Waals surface area contributed by atoms with Gasteiger partial charge in [0.1, 0.15) is 11.8 Å². The van der Waals surface area contributed by atoms with Crippen LogP contribution in [0.5, 0.6) is 5.75 Å². The van der Waals surface area contributed by atoms with Gasteiger partial charge >= 0.3 is 5.97 Å². The number of nitrogens with zero attached hydrogens (tertiary/aromatic N) is 1. The molecule has 31 heavy (non-hydrogen) atoms. The zero-order valence-corrected chi connectivity index (χ0v) is 19.1. The van der Waals surface area contributed by atoms with Crippen LogP contribution in [0, 0.1) is 0 Å². The highest BCUT2D eigenvalue weighted by atomic mass is 32.1. The van der Waals surface area contributed by atoms with E-state index in [-0.39, 0.29) is 23.5 Å². The lowest BCUT2D eigenvalue weighted by molar-refractivity contribution is -0.147. The molecule has 8 nitrogen and oxygen atoms in total. The molecule has 0 bridgehead atoms. The first-order chi connectivity index (χ1) is 14.8. The number of carbonyl (C=O) groups excluding carboxylic acids is 3. The summed E-state index contributed by atoms with van der Waals surface area (Å²) < 4.78 is 10.9. The number of hydrogen-bond donors (Lipinski definition) is 2. The summed E-state index contributed by atoms with van der Waals surface area (Å²) in [6.45, 7) is 6.88. The van der Waals surface area contributed by atoms with Crippen LogP contribution < -0.4 is 15.4 Å². The van der Waals surface area contributed by atoms with Crippen LogP contribution in [0.4, 0.5) is 0 Å². The molecule has 1 fully saturated rings. The molecule has 2 amide bonds. The lowest BCUT2D eigenvalue weighted by Crippen LogP contribution is -2.60. The highest BCUT2D eigenvalue weighted by Gasteiger charge is 2.34. The summed E-state index contributed by atoms with van der Waals surface area (Å²) >= 11 is 5.41. The molecule has 1 heterocycles. The molecule has 1 aromatic rings. The number of carbonyl (C=O) groups is 3. The Balaban J connectivity index is 2.04. The molecule has 0 radical (unpaired) electrons. The van der Waals surface area contributed by atoms with E-state index in [1.807, 2.05) is 13.8 Å². The van der Waals surface area contributed by atoms with Gasteiger partial charge in [0.25, 0.3) is 5.91 Å². The number of rotatable bonds is 9. The summed E-state index contributed by atoms with van der Waals surface area (Å²) in [6.07, 6.45) is 2.55. The number of amides is 2. The average Bonchev–Trinajstić information content (AvgIpc) is 2.72. The Kier molecular flexibility index (Phi) is 9.71. The van der Waals surface area contributed by atoms with Crippen molar-refractivity contribution in [2.45, 2.75) is 58.6 Å². The number of benzene rings is 1. The van der Waals surface area contributed by atoms with Gasteiger partial charge in [-0.05, 0) is 44.6 Å². The van der Waals surface area contributed by atoms with Gasteiger partial charge in [0.05, 0.1) is 24.7 Å². The number of esters is 1. The highest BCUT2D eigenvalue weighted by molar-refractivity contribution is 7.80. The van der Waals surface area contributed by atoms with E-state index < -0.39 is 17.9 Å². The van der Waals surface area contributed by atoms with Crippen molar-refractivity contribution in [3.05, 3.63) is 29.8 Å². The molecular weight excluding hydrogens is 418 g/mol. The molecular formula is C22H31N3O5S. The predicted octanol–water partition coefficient (Wildman–Crippen LogP) is 2.41. The van der Waals surface area contributed by atoms with E-state index in [1.54, 1.807) is 29.2 Å². The van der Waals surface area contributed by atoms with Gasteiger partial charge in [0.2, 0.25) is 5.91 Å². The molecule has 170 valence electrons. The van der Waals surface area contributed by atoms with Gasteiger partial charge in [0.15, 0.2) is 5.11 Å². The number of piperazine rings is 1. The average molecular weight is 450 g/mol. The Bertz CT molecular complexity index is 799. The van der Waals surface area contributed by atoms with Crippen molar-refractivity contribution in [1.29, 1.82) is 0 Å². The van der Waals surface area contributed by atoms with Crippen molar-refractivity contribution < 1.29 is 23.9 Å². The van der Waals surface area contributed by atoms with Crippen molar-refractivity contribution >= 4 is 35.1 Å². The van der Waals surface area contributed by atoms with Gasteiger partial charge in [-0.1, -0.05) is 31.9 Å². The number of ether oxygens (including phenoxy) is 2. The second-order valence-corrected chi connectivity index (χ2v) is 7.94. The topological polar surface area (TPSA) is 97.0 Å². The van der Waals surface area contributed by atoms with Crippen LogP contribution in [0.1, 0.15) is 56.8 Å². The molecule has 1 aromatic carbocycles.